The van der Waals surface area contributed by atoms with Gasteiger partial charge in [-0.25, -0.2) is 0 Å². The normalized spacial score (nSPS) is 14.4. The minimum absolute atomic E-state index is 0.221. The standard InChI is InChI=1S/C25H27N3O4/c1-16-10-12-28(13-11-16)22-21(23(29)24(22)30)26-15-17-6-8-18(9-7-17)25(31)27-19-4-3-5-20(14-19)32-2/h3-9,14,16,26H,10-13,15H2,1-2H3,(H,27,31). The zero-order valence-corrected chi connectivity index (χ0v) is 18.3. The molecule has 1 saturated heterocycles. The van der Waals surface area contributed by atoms with Gasteiger partial charge in [-0.3, -0.25) is 14.4 Å². The van der Waals surface area contributed by atoms with E-state index in [4.69, 9.17) is 4.74 Å². The lowest BCUT2D eigenvalue weighted by Gasteiger charge is -2.33. The van der Waals surface area contributed by atoms with Crippen LogP contribution in [0.5, 0.6) is 5.75 Å². The molecular weight excluding hydrogens is 406 g/mol. The molecule has 0 aromatic heterocycles. The molecule has 0 aliphatic carbocycles. The number of nitrogens with zero attached hydrogens (tertiary/aromatic N) is 1. The number of nitrogens with one attached hydrogen (secondary N) is 2. The molecule has 7 heteroatoms. The summed E-state index contributed by atoms with van der Waals surface area (Å²) in [6.07, 6.45) is 2.05. The molecule has 0 saturated carbocycles. The molecule has 7 nitrogen and oxygen atoms in total. The highest BCUT2D eigenvalue weighted by atomic mass is 16.5. The molecule has 3 aromatic carbocycles. The van der Waals surface area contributed by atoms with Gasteiger partial charge in [0.25, 0.3) is 16.8 Å². The van der Waals surface area contributed by atoms with Crippen LogP contribution in [0.25, 0.3) is 0 Å². The van der Waals surface area contributed by atoms with E-state index >= 15 is 0 Å². The number of hydrogen-bond donors (Lipinski definition) is 2. The van der Waals surface area contributed by atoms with Gasteiger partial charge >= 0.3 is 0 Å². The van der Waals surface area contributed by atoms with E-state index in [-0.39, 0.29) is 5.91 Å². The van der Waals surface area contributed by atoms with Crippen LogP contribution in [0, 0.1) is 5.92 Å². The minimum atomic E-state index is -0.451. The van der Waals surface area contributed by atoms with E-state index in [0.29, 0.717) is 40.8 Å². The lowest BCUT2D eigenvalue weighted by molar-refractivity contribution is 0.102. The molecule has 1 aliphatic rings. The van der Waals surface area contributed by atoms with Crippen LogP contribution in [0.2, 0.25) is 0 Å². The van der Waals surface area contributed by atoms with Gasteiger partial charge in [0.2, 0.25) is 0 Å². The summed E-state index contributed by atoms with van der Waals surface area (Å²) in [7, 11) is 1.58. The van der Waals surface area contributed by atoms with E-state index in [1.165, 1.54) is 0 Å². The first-order valence-corrected chi connectivity index (χ1v) is 10.8. The number of ether oxygens (including phenoxy) is 1. The maximum atomic E-state index is 12.5. The van der Waals surface area contributed by atoms with Crippen molar-refractivity contribution >= 4 is 23.0 Å². The van der Waals surface area contributed by atoms with E-state index in [2.05, 4.69) is 17.6 Å². The van der Waals surface area contributed by atoms with Crippen molar-refractivity contribution in [3.8, 4) is 5.75 Å². The zero-order chi connectivity index (χ0) is 22.7. The fraction of sp³-hybridized carbons (Fsp3) is 0.320. The lowest BCUT2D eigenvalue weighted by Crippen LogP contribution is -2.45. The smallest absolute Gasteiger partial charge is 0.255 e. The van der Waals surface area contributed by atoms with Crippen LogP contribution in [0.4, 0.5) is 17.1 Å². The average molecular weight is 434 g/mol. The third kappa shape index (κ3) is 4.51. The summed E-state index contributed by atoms with van der Waals surface area (Å²) >= 11 is 0. The molecular formula is C25H27N3O4. The van der Waals surface area contributed by atoms with E-state index in [9.17, 15) is 14.4 Å². The van der Waals surface area contributed by atoms with Crippen LogP contribution < -0.4 is 31.1 Å². The van der Waals surface area contributed by atoms with Crippen molar-refractivity contribution in [1.29, 1.82) is 0 Å². The number of benzene rings is 2. The van der Waals surface area contributed by atoms with Crippen molar-refractivity contribution in [1.82, 2.24) is 0 Å². The lowest BCUT2D eigenvalue weighted by atomic mass is 9.98. The molecule has 0 unspecified atom stereocenters. The molecule has 1 fully saturated rings. The van der Waals surface area contributed by atoms with Crippen molar-refractivity contribution in [2.75, 3.05) is 35.7 Å². The topological polar surface area (TPSA) is 87.7 Å². The Kier molecular flexibility index (Phi) is 6.25. The number of carbonyl (C=O) groups is 1. The summed E-state index contributed by atoms with van der Waals surface area (Å²) in [5.74, 6) is 1.09. The maximum Gasteiger partial charge on any atom is 0.255 e. The Labute approximate surface area is 186 Å². The molecule has 0 bridgehead atoms. The first-order chi connectivity index (χ1) is 15.5. The number of hydrogen-bond acceptors (Lipinski definition) is 6. The minimum Gasteiger partial charge on any atom is -0.497 e. The summed E-state index contributed by atoms with van der Waals surface area (Å²) in [6, 6.07) is 14.3. The van der Waals surface area contributed by atoms with Crippen LogP contribution in [0.15, 0.2) is 58.1 Å². The Hall–Kier alpha value is -3.61. The van der Waals surface area contributed by atoms with Crippen molar-refractivity contribution in [2.24, 2.45) is 5.92 Å². The summed E-state index contributed by atoms with van der Waals surface area (Å²) in [4.78, 5) is 38.8. The van der Waals surface area contributed by atoms with Gasteiger partial charge in [-0.15, -0.1) is 0 Å². The molecule has 0 atom stereocenters. The van der Waals surface area contributed by atoms with Crippen molar-refractivity contribution in [3.05, 3.63) is 80.1 Å². The highest BCUT2D eigenvalue weighted by Gasteiger charge is 2.28. The number of piperidine rings is 1. The van der Waals surface area contributed by atoms with Gasteiger partial charge in [0.15, 0.2) is 0 Å². The summed E-state index contributed by atoms with van der Waals surface area (Å²) in [6.45, 7) is 4.22. The molecule has 2 N–H and O–H groups in total. The molecule has 4 rings (SSSR count). The van der Waals surface area contributed by atoms with Gasteiger partial charge in [-0.2, -0.15) is 0 Å². The predicted molar refractivity (Wildman–Crippen MR) is 127 cm³/mol. The van der Waals surface area contributed by atoms with Crippen LogP contribution in [-0.2, 0) is 6.54 Å². The largest absolute Gasteiger partial charge is 0.497 e. The fourth-order valence-corrected chi connectivity index (χ4v) is 3.95. The number of rotatable bonds is 7. The second kappa shape index (κ2) is 9.26. The predicted octanol–water partition coefficient (Wildman–Crippen LogP) is 3.39. The SMILES string of the molecule is COc1cccc(NC(=O)c2ccc(CNc3c(N4CCC(C)CC4)c(=O)c3=O)cc2)c1. The first kappa shape index (κ1) is 21.6. The van der Waals surface area contributed by atoms with Crippen molar-refractivity contribution in [3.63, 3.8) is 0 Å². The third-order valence-electron chi connectivity index (χ3n) is 6.00. The summed E-state index contributed by atoms with van der Waals surface area (Å²) < 4.78 is 5.17. The fourth-order valence-electron chi connectivity index (χ4n) is 3.95. The van der Waals surface area contributed by atoms with E-state index in [1.807, 2.05) is 29.2 Å². The van der Waals surface area contributed by atoms with Gasteiger partial charge in [-0.05, 0) is 48.6 Å². The molecule has 1 amide bonds. The molecule has 32 heavy (non-hydrogen) atoms. The number of carbonyl (C=O) groups excluding carboxylic acids is 1. The monoisotopic (exact) mass is 433 g/mol. The van der Waals surface area contributed by atoms with E-state index < -0.39 is 10.9 Å². The Morgan fingerprint density at radius 2 is 1.78 bits per heavy atom. The van der Waals surface area contributed by atoms with Gasteiger partial charge < -0.3 is 20.3 Å². The molecule has 1 heterocycles. The maximum absolute atomic E-state index is 12.5. The summed E-state index contributed by atoms with van der Waals surface area (Å²) in [5.41, 5.74) is 2.17. The Balaban J connectivity index is 1.37. The van der Waals surface area contributed by atoms with Crippen molar-refractivity contribution < 1.29 is 9.53 Å². The molecule has 3 aromatic rings. The number of anilines is 3. The average Bonchev–Trinajstić information content (AvgIpc) is 2.82. The van der Waals surface area contributed by atoms with E-state index in [0.717, 1.165) is 31.5 Å². The van der Waals surface area contributed by atoms with Crippen molar-refractivity contribution in [2.45, 2.75) is 26.3 Å². The highest BCUT2D eigenvalue weighted by molar-refractivity contribution is 6.04. The number of methoxy groups -OCH3 is 1. The van der Waals surface area contributed by atoms with E-state index in [1.54, 1.807) is 31.4 Å². The Bertz CT molecular complexity index is 1170. The Morgan fingerprint density at radius 3 is 2.47 bits per heavy atom. The molecule has 1 aliphatic heterocycles. The molecule has 0 spiro atoms. The second-order valence-electron chi connectivity index (χ2n) is 8.29. The zero-order valence-electron chi connectivity index (χ0n) is 18.3. The van der Waals surface area contributed by atoms with Gasteiger partial charge in [-0.1, -0.05) is 25.1 Å². The number of amides is 1. The van der Waals surface area contributed by atoms with Gasteiger partial charge in [0.1, 0.15) is 17.1 Å². The summed E-state index contributed by atoms with van der Waals surface area (Å²) in [5, 5.41) is 5.98. The van der Waals surface area contributed by atoms with Crippen LogP contribution in [-0.4, -0.2) is 26.1 Å². The van der Waals surface area contributed by atoms with Gasteiger partial charge in [0, 0.05) is 37.0 Å². The van der Waals surface area contributed by atoms with Crippen LogP contribution in [0.3, 0.4) is 0 Å². The third-order valence-corrected chi connectivity index (χ3v) is 6.00. The Morgan fingerprint density at radius 1 is 1.06 bits per heavy atom. The quantitative estimate of drug-likeness (QED) is 0.556. The first-order valence-electron chi connectivity index (χ1n) is 10.8. The second-order valence-corrected chi connectivity index (χ2v) is 8.29. The molecule has 166 valence electrons. The molecule has 0 radical (unpaired) electrons. The van der Waals surface area contributed by atoms with Crippen LogP contribution in [0.1, 0.15) is 35.7 Å². The highest BCUT2D eigenvalue weighted by Crippen LogP contribution is 2.26. The van der Waals surface area contributed by atoms with Gasteiger partial charge in [0.05, 0.1) is 7.11 Å². The van der Waals surface area contributed by atoms with Crippen LogP contribution >= 0.6 is 0 Å².